The molecule has 13 heavy (non-hydrogen) atoms. The van der Waals surface area contributed by atoms with E-state index in [1.165, 1.54) is 0 Å². The van der Waals surface area contributed by atoms with Crippen LogP contribution in [0.15, 0.2) is 6.07 Å². The lowest BCUT2D eigenvalue weighted by Crippen LogP contribution is -2.16. The second-order valence-electron chi connectivity index (χ2n) is 3.21. The van der Waals surface area contributed by atoms with Gasteiger partial charge in [-0.05, 0) is 26.8 Å². The molecule has 0 aliphatic carbocycles. The Kier molecular flexibility index (Phi) is 2.36. The number of aryl methyl sites for hydroxylation is 1. The van der Waals surface area contributed by atoms with Crippen LogP contribution in [0.2, 0.25) is 0 Å². The molecule has 0 bridgehead atoms. The zero-order valence-electron chi connectivity index (χ0n) is 7.68. The Bertz CT molecular complexity index is 299. The van der Waals surface area contributed by atoms with Gasteiger partial charge in [0.15, 0.2) is 0 Å². The average Bonchev–Trinajstić information content (AvgIpc) is 2.29. The summed E-state index contributed by atoms with van der Waals surface area (Å²) in [5.41, 5.74) is -0.291. The lowest BCUT2D eigenvalue weighted by molar-refractivity contribution is -0.144. The van der Waals surface area contributed by atoms with Crippen LogP contribution < -0.4 is 0 Å². The van der Waals surface area contributed by atoms with Crippen LogP contribution in [0.1, 0.15) is 31.3 Å². The van der Waals surface area contributed by atoms with Crippen molar-refractivity contribution >= 4 is 0 Å². The van der Waals surface area contributed by atoms with E-state index in [4.69, 9.17) is 0 Å². The van der Waals surface area contributed by atoms with Gasteiger partial charge in [-0.2, -0.15) is 18.3 Å². The molecule has 0 aromatic carbocycles. The minimum Gasteiger partial charge on any atom is -0.258 e. The molecule has 0 N–H and O–H groups in total. The third-order valence-electron chi connectivity index (χ3n) is 1.64. The van der Waals surface area contributed by atoms with Gasteiger partial charge in [-0.15, -0.1) is 0 Å². The highest BCUT2D eigenvalue weighted by atomic mass is 19.4. The maximum Gasteiger partial charge on any atom is 0.433 e. The molecule has 0 amide bonds. The Morgan fingerprint density at radius 3 is 2.23 bits per heavy atom. The molecule has 0 spiro atoms. The summed E-state index contributed by atoms with van der Waals surface area (Å²) < 4.78 is 38.1. The fraction of sp³-hybridized carbons (Fsp3) is 0.625. The van der Waals surface area contributed by atoms with E-state index in [9.17, 15) is 13.2 Å². The molecular formula is C8H11F3N2. The van der Waals surface area contributed by atoms with E-state index in [2.05, 4.69) is 5.10 Å². The number of rotatable bonds is 1. The average molecular weight is 192 g/mol. The van der Waals surface area contributed by atoms with Crippen molar-refractivity contribution in [2.45, 2.75) is 33.0 Å². The van der Waals surface area contributed by atoms with E-state index in [1.54, 1.807) is 20.8 Å². The van der Waals surface area contributed by atoms with Gasteiger partial charge in [0.2, 0.25) is 0 Å². The monoisotopic (exact) mass is 192 g/mol. The third kappa shape index (κ3) is 2.02. The quantitative estimate of drug-likeness (QED) is 0.669. The second-order valence-corrected chi connectivity index (χ2v) is 3.21. The van der Waals surface area contributed by atoms with Crippen molar-refractivity contribution in [3.63, 3.8) is 0 Å². The lowest BCUT2D eigenvalue weighted by Gasteiger charge is -2.12. The van der Waals surface area contributed by atoms with E-state index in [0.29, 0.717) is 5.69 Å². The van der Waals surface area contributed by atoms with Gasteiger partial charge in [-0.3, -0.25) is 4.68 Å². The Balaban J connectivity index is 3.20. The second kappa shape index (κ2) is 3.05. The highest BCUT2D eigenvalue weighted by Gasteiger charge is 2.35. The van der Waals surface area contributed by atoms with E-state index in [0.717, 1.165) is 10.7 Å². The van der Waals surface area contributed by atoms with Crippen molar-refractivity contribution in [1.82, 2.24) is 9.78 Å². The fourth-order valence-electron chi connectivity index (χ4n) is 1.12. The van der Waals surface area contributed by atoms with Crippen LogP contribution in [-0.4, -0.2) is 9.78 Å². The largest absolute Gasteiger partial charge is 0.433 e. The normalized spacial score (nSPS) is 12.5. The van der Waals surface area contributed by atoms with Crippen LogP contribution in [0.3, 0.4) is 0 Å². The number of aromatic nitrogens is 2. The maximum absolute atomic E-state index is 12.4. The predicted octanol–water partition coefficient (Wildman–Crippen LogP) is 2.79. The van der Waals surface area contributed by atoms with Crippen molar-refractivity contribution in [3.05, 3.63) is 17.5 Å². The molecule has 74 valence electrons. The molecule has 1 heterocycles. The highest BCUT2D eigenvalue weighted by molar-refractivity contribution is 5.12. The molecule has 0 radical (unpaired) electrons. The zero-order valence-corrected chi connectivity index (χ0v) is 7.68. The first-order valence-corrected chi connectivity index (χ1v) is 3.95. The summed E-state index contributed by atoms with van der Waals surface area (Å²) >= 11 is 0. The predicted molar refractivity (Wildman–Crippen MR) is 42.4 cm³/mol. The number of nitrogens with zero attached hydrogens (tertiary/aromatic N) is 2. The first-order chi connectivity index (χ1) is 5.82. The van der Waals surface area contributed by atoms with Crippen molar-refractivity contribution in [1.29, 1.82) is 0 Å². The summed E-state index contributed by atoms with van der Waals surface area (Å²) in [7, 11) is 0. The summed E-state index contributed by atoms with van der Waals surface area (Å²) in [6.07, 6.45) is -4.31. The van der Waals surface area contributed by atoms with Gasteiger partial charge in [0.1, 0.15) is 5.69 Å². The number of hydrogen-bond acceptors (Lipinski definition) is 1. The molecule has 5 heteroatoms. The minimum absolute atomic E-state index is 0.273. The molecule has 1 aromatic rings. The van der Waals surface area contributed by atoms with Crippen molar-refractivity contribution < 1.29 is 13.2 Å². The fourth-order valence-corrected chi connectivity index (χ4v) is 1.12. The molecule has 0 unspecified atom stereocenters. The minimum atomic E-state index is -4.31. The lowest BCUT2D eigenvalue weighted by atomic mass is 10.3. The highest BCUT2D eigenvalue weighted by Crippen LogP contribution is 2.31. The van der Waals surface area contributed by atoms with Gasteiger partial charge in [0, 0.05) is 6.04 Å². The Morgan fingerprint density at radius 1 is 1.38 bits per heavy atom. The van der Waals surface area contributed by atoms with Gasteiger partial charge >= 0.3 is 6.18 Å². The van der Waals surface area contributed by atoms with Crippen LogP contribution in [0.25, 0.3) is 0 Å². The summed E-state index contributed by atoms with van der Waals surface area (Å²) in [5, 5.41) is 3.77. The van der Waals surface area contributed by atoms with Crippen LogP contribution in [0, 0.1) is 6.92 Å². The van der Waals surface area contributed by atoms with E-state index >= 15 is 0 Å². The summed E-state index contributed by atoms with van der Waals surface area (Å²) in [4.78, 5) is 0. The zero-order chi connectivity index (χ0) is 10.2. The molecule has 2 nitrogen and oxygen atoms in total. The summed E-state index contributed by atoms with van der Waals surface area (Å²) in [6.45, 7) is 4.89. The molecule has 1 rings (SSSR count). The first-order valence-electron chi connectivity index (χ1n) is 3.95. The van der Waals surface area contributed by atoms with Gasteiger partial charge in [0.05, 0.1) is 5.69 Å². The van der Waals surface area contributed by atoms with Gasteiger partial charge < -0.3 is 0 Å². The number of hydrogen-bond donors (Lipinski definition) is 0. The maximum atomic E-state index is 12.4. The summed E-state index contributed by atoms with van der Waals surface area (Å²) in [5.74, 6) is 0. The molecule has 0 aliphatic heterocycles. The molecule has 0 saturated carbocycles. The van der Waals surface area contributed by atoms with Gasteiger partial charge in [0.25, 0.3) is 0 Å². The van der Waals surface area contributed by atoms with Crippen LogP contribution in [0.5, 0.6) is 0 Å². The number of alkyl halides is 3. The molecule has 0 aliphatic rings. The van der Waals surface area contributed by atoms with Crippen molar-refractivity contribution in [2.75, 3.05) is 0 Å². The van der Waals surface area contributed by atoms with E-state index in [1.807, 2.05) is 0 Å². The van der Waals surface area contributed by atoms with Crippen molar-refractivity contribution in [3.8, 4) is 0 Å². The molecule has 0 saturated heterocycles. The molecule has 0 atom stereocenters. The Hall–Kier alpha value is -1.00. The van der Waals surface area contributed by atoms with E-state index < -0.39 is 11.9 Å². The van der Waals surface area contributed by atoms with Gasteiger partial charge in [-0.25, -0.2) is 0 Å². The molecule has 0 fully saturated rings. The SMILES string of the molecule is Cc1cc(C(F)(F)F)n(C(C)C)n1. The summed E-state index contributed by atoms with van der Waals surface area (Å²) in [6, 6.07) is 0.783. The third-order valence-corrected chi connectivity index (χ3v) is 1.64. The van der Waals surface area contributed by atoms with Gasteiger partial charge in [-0.1, -0.05) is 0 Å². The molecular weight excluding hydrogens is 181 g/mol. The standard InChI is InChI=1S/C8H11F3N2/c1-5(2)13-7(8(9,10)11)4-6(3)12-13/h4-5H,1-3H3. The van der Waals surface area contributed by atoms with Crippen LogP contribution in [-0.2, 0) is 6.18 Å². The smallest absolute Gasteiger partial charge is 0.258 e. The van der Waals surface area contributed by atoms with Crippen molar-refractivity contribution in [2.24, 2.45) is 0 Å². The Morgan fingerprint density at radius 2 is 1.92 bits per heavy atom. The number of halogens is 3. The molecule has 1 aromatic heterocycles. The first kappa shape index (κ1) is 10.1. The topological polar surface area (TPSA) is 17.8 Å². The Labute approximate surface area is 74.4 Å². The van der Waals surface area contributed by atoms with Crippen LogP contribution in [0.4, 0.5) is 13.2 Å². The van der Waals surface area contributed by atoms with Crippen LogP contribution >= 0.6 is 0 Å². The van der Waals surface area contributed by atoms with E-state index in [-0.39, 0.29) is 6.04 Å².